The Morgan fingerprint density at radius 2 is 2.33 bits per heavy atom. The van der Waals surface area contributed by atoms with Crippen molar-refractivity contribution in [3.63, 3.8) is 0 Å². The molecule has 0 aromatic rings. The number of hydrogen-bond donors (Lipinski definition) is 2. The smallest absolute Gasteiger partial charge is 0.314 e. The lowest BCUT2D eigenvalue weighted by atomic mass is 10.0. The van der Waals surface area contributed by atoms with Crippen LogP contribution in [-0.4, -0.2) is 43.3 Å². The Hall–Kier alpha value is -0.420. The highest BCUT2D eigenvalue weighted by Crippen LogP contribution is 2.30. The van der Waals surface area contributed by atoms with E-state index in [4.69, 9.17) is 4.74 Å². The standard InChI is InChI=1S/C10H20N2O2S/c1-3-5-11-9(13)12-7-10(14-2)4-6-15-8-10/h3-8H2,1-2H3,(H2,11,12,13). The number of rotatable bonds is 5. The summed E-state index contributed by atoms with van der Waals surface area (Å²) in [5.74, 6) is 2.09. The minimum absolute atomic E-state index is 0.0924. The van der Waals surface area contributed by atoms with E-state index in [1.807, 2.05) is 18.7 Å². The van der Waals surface area contributed by atoms with Crippen molar-refractivity contribution in [2.75, 3.05) is 31.7 Å². The molecule has 0 aliphatic carbocycles. The van der Waals surface area contributed by atoms with Gasteiger partial charge in [-0.25, -0.2) is 4.79 Å². The lowest BCUT2D eigenvalue weighted by Crippen LogP contribution is -2.47. The minimum atomic E-state index is -0.145. The maximum absolute atomic E-state index is 11.3. The van der Waals surface area contributed by atoms with E-state index >= 15 is 0 Å². The van der Waals surface area contributed by atoms with Crippen molar-refractivity contribution < 1.29 is 9.53 Å². The van der Waals surface area contributed by atoms with E-state index in [0.717, 1.165) is 30.9 Å². The number of amides is 2. The summed E-state index contributed by atoms with van der Waals surface area (Å²) in [4.78, 5) is 11.3. The highest BCUT2D eigenvalue weighted by Gasteiger charge is 2.34. The molecule has 1 heterocycles. The maximum atomic E-state index is 11.3. The molecule has 0 saturated carbocycles. The second-order valence-corrected chi connectivity index (χ2v) is 4.90. The summed E-state index contributed by atoms with van der Waals surface area (Å²) in [6, 6.07) is -0.0924. The normalized spacial score (nSPS) is 25.2. The van der Waals surface area contributed by atoms with Gasteiger partial charge in [-0.15, -0.1) is 0 Å². The van der Waals surface area contributed by atoms with Gasteiger partial charge in [0.15, 0.2) is 0 Å². The van der Waals surface area contributed by atoms with Gasteiger partial charge in [-0.3, -0.25) is 0 Å². The number of hydrogen-bond acceptors (Lipinski definition) is 3. The first-order valence-electron chi connectivity index (χ1n) is 5.37. The summed E-state index contributed by atoms with van der Waals surface area (Å²) in [6.07, 6.45) is 1.97. The zero-order valence-corrected chi connectivity index (χ0v) is 10.3. The third-order valence-electron chi connectivity index (χ3n) is 2.61. The van der Waals surface area contributed by atoms with E-state index in [2.05, 4.69) is 10.6 Å². The fourth-order valence-electron chi connectivity index (χ4n) is 1.50. The van der Waals surface area contributed by atoms with Gasteiger partial charge in [0.1, 0.15) is 0 Å². The third-order valence-corrected chi connectivity index (χ3v) is 3.83. The van der Waals surface area contributed by atoms with Crippen LogP contribution in [0, 0.1) is 0 Å². The molecule has 0 aromatic carbocycles. The number of ether oxygens (including phenoxy) is 1. The van der Waals surface area contributed by atoms with E-state index < -0.39 is 0 Å². The van der Waals surface area contributed by atoms with Crippen LogP contribution in [0.4, 0.5) is 4.79 Å². The molecule has 1 rings (SSSR count). The van der Waals surface area contributed by atoms with E-state index in [1.165, 1.54) is 0 Å². The average molecular weight is 232 g/mol. The van der Waals surface area contributed by atoms with Crippen LogP contribution in [0.5, 0.6) is 0 Å². The molecule has 0 bridgehead atoms. The Labute approximate surface area is 95.5 Å². The lowest BCUT2D eigenvalue weighted by molar-refractivity contribution is 0.0157. The fraction of sp³-hybridized carbons (Fsp3) is 0.900. The number of carbonyl (C=O) groups is 1. The number of nitrogens with one attached hydrogen (secondary N) is 2. The van der Waals surface area contributed by atoms with Crippen LogP contribution in [0.25, 0.3) is 0 Å². The fourth-order valence-corrected chi connectivity index (χ4v) is 2.90. The van der Waals surface area contributed by atoms with Crippen molar-refractivity contribution >= 4 is 17.8 Å². The van der Waals surface area contributed by atoms with Crippen LogP contribution in [0.1, 0.15) is 19.8 Å². The highest BCUT2D eigenvalue weighted by molar-refractivity contribution is 7.99. The molecule has 0 aromatic heterocycles. The number of thioether (sulfide) groups is 1. The van der Waals surface area contributed by atoms with Crippen molar-refractivity contribution in [3.05, 3.63) is 0 Å². The highest BCUT2D eigenvalue weighted by atomic mass is 32.2. The molecule has 1 aliphatic rings. The molecule has 2 amide bonds. The topological polar surface area (TPSA) is 50.4 Å². The molecule has 0 spiro atoms. The summed E-state index contributed by atoms with van der Waals surface area (Å²) >= 11 is 1.88. The Morgan fingerprint density at radius 1 is 1.53 bits per heavy atom. The van der Waals surface area contributed by atoms with Crippen LogP contribution in [0.3, 0.4) is 0 Å². The number of carbonyl (C=O) groups excluding carboxylic acids is 1. The molecule has 1 fully saturated rings. The average Bonchev–Trinajstić information content (AvgIpc) is 2.73. The predicted molar refractivity (Wildman–Crippen MR) is 63.4 cm³/mol. The zero-order chi connectivity index (χ0) is 11.1. The van der Waals surface area contributed by atoms with Crippen molar-refractivity contribution in [2.24, 2.45) is 0 Å². The second-order valence-electron chi connectivity index (χ2n) is 3.80. The van der Waals surface area contributed by atoms with Crippen molar-refractivity contribution in [2.45, 2.75) is 25.4 Å². The lowest BCUT2D eigenvalue weighted by Gasteiger charge is -2.26. The quantitative estimate of drug-likeness (QED) is 0.749. The van der Waals surface area contributed by atoms with Gasteiger partial charge in [-0.2, -0.15) is 11.8 Å². The van der Waals surface area contributed by atoms with Gasteiger partial charge in [0, 0.05) is 26.0 Å². The molecule has 1 atom stereocenters. The summed E-state index contributed by atoms with van der Waals surface area (Å²) in [5, 5.41) is 5.65. The molecule has 1 saturated heterocycles. The Kier molecular flexibility index (Phi) is 5.25. The summed E-state index contributed by atoms with van der Waals surface area (Å²) in [6.45, 7) is 3.36. The van der Waals surface area contributed by atoms with Crippen LogP contribution >= 0.6 is 11.8 Å². The summed E-state index contributed by atoms with van der Waals surface area (Å²) in [7, 11) is 1.72. The molecular formula is C10H20N2O2S. The predicted octanol–water partition coefficient (Wildman–Crippen LogP) is 1.22. The van der Waals surface area contributed by atoms with E-state index in [9.17, 15) is 4.79 Å². The van der Waals surface area contributed by atoms with Crippen LogP contribution in [-0.2, 0) is 4.74 Å². The molecule has 2 N–H and O–H groups in total. The summed E-state index contributed by atoms with van der Waals surface area (Å²) < 4.78 is 5.49. The van der Waals surface area contributed by atoms with E-state index in [1.54, 1.807) is 7.11 Å². The van der Waals surface area contributed by atoms with E-state index in [-0.39, 0.29) is 11.6 Å². The largest absolute Gasteiger partial charge is 0.376 e. The Morgan fingerprint density at radius 3 is 2.87 bits per heavy atom. The maximum Gasteiger partial charge on any atom is 0.314 e. The van der Waals surface area contributed by atoms with Crippen LogP contribution < -0.4 is 10.6 Å². The third kappa shape index (κ3) is 3.91. The van der Waals surface area contributed by atoms with Crippen molar-refractivity contribution in [3.8, 4) is 0 Å². The molecule has 1 aliphatic heterocycles. The van der Waals surface area contributed by atoms with Crippen molar-refractivity contribution in [1.82, 2.24) is 10.6 Å². The van der Waals surface area contributed by atoms with Crippen LogP contribution in [0.15, 0.2) is 0 Å². The molecule has 5 heteroatoms. The molecule has 15 heavy (non-hydrogen) atoms. The first-order chi connectivity index (χ1) is 7.22. The van der Waals surface area contributed by atoms with E-state index in [0.29, 0.717) is 6.54 Å². The molecule has 1 unspecified atom stereocenters. The molecule has 88 valence electrons. The first-order valence-corrected chi connectivity index (χ1v) is 6.52. The van der Waals surface area contributed by atoms with Gasteiger partial charge >= 0.3 is 6.03 Å². The zero-order valence-electron chi connectivity index (χ0n) is 9.47. The van der Waals surface area contributed by atoms with Gasteiger partial charge in [0.05, 0.1) is 5.60 Å². The Bertz CT molecular complexity index is 206. The molecule has 4 nitrogen and oxygen atoms in total. The Balaban J connectivity index is 2.25. The molecular weight excluding hydrogens is 212 g/mol. The number of methoxy groups -OCH3 is 1. The monoisotopic (exact) mass is 232 g/mol. The van der Waals surface area contributed by atoms with Gasteiger partial charge < -0.3 is 15.4 Å². The summed E-state index contributed by atoms with van der Waals surface area (Å²) in [5.41, 5.74) is -0.145. The van der Waals surface area contributed by atoms with Crippen molar-refractivity contribution in [1.29, 1.82) is 0 Å². The first kappa shape index (κ1) is 12.6. The second kappa shape index (κ2) is 6.23. The van der Waals surface area contributed by atoms with Gasteiger partial charge in [-0.1, -0.05) is 6.92 Å². The SMILES string of the molecule is CCCNC(=O)NCC1(OC)CCSC1. The molecule has 0 radical (unpaired) electrons. The van der Waals surface area contributed by atoms with Gasteiger partial charge in [0.25, 0.3) is 0 Å². The number of urea groups is 1. The minimum Gasteiger partial charge on any atom is -0.376 e. The van der Waals surface area contributed by atoms with Gasteiger partial charge in [0.2, 0.25) is 0 Å². The van der Waals surface area contributed by atoms with Crippen LogP contribution in [0.2, 0.25) is 0 Å². The van der Waals surface area contributed by atoms with Gasteiger partial charge in [-0.05, 0) is 18.6 Å².